The molecule has 0 saturated carbocycles. The number of benzene rings is 1. The molecule has 2 aromatic rings. The fourth-order valence-corrected chi connectivity index (χ4v) is 2.47. The first-order chi connectivity index (χ1) is 11.0. The second kappa shape index (κ2) is 7.72. The number of aryl methyl sites for hydroxylation is 2. The van der Waals surface area contributed by atoms with Gasteiger partial charge in [-0.2, -0.15) is 0 Å². The first-order valence-corrected chi connectivity index (χ1v) is 7.81. The highest BCUT2D eigenvalue weighted by molar-refractivity contribution is 5.89. The Morgan fingerprint density at radius 2 is 2.13 bits per heavy atom. The van der Waals surface area contributed by atoms with Gasteiger partial charge >= 0.3 is 5.97 Å². The van der Waals surface area contributed by atoms with Gasteiger partial charge in [-0.3, -0.25) is 4.79 Å². The Balaban J connectivity index is 2.27. The van der Waals surface area contributed by atoms with Crippen LogP contribution in [0.4, 0.5) is 0 Å². The summed E-state index contributed by atoms with van der Waals surface area (Å²) in [4.78, 5) is 31.3. The number of carbonyl (C=O) groups is 1. The highest BCUT2D eigenvalue weighted by Gasteiger charge is 2.11. The van der Waals surface area contributed by atoms with Crippen molar-refractivity contribution in [3.05, 3.63) is 62.8 Å². The van der Waals surface area contributed by atoms with Crippen LogP contribution >= 0.6 is 0 Å². The van der Waals surface area contributed by atoms with Crippen LogP contribution < -0.4 is 5.56 Å². The number of rotatable bonds is 6. The summed E-state index contributed by atoms with van der Waals surface area (Å²) in [7, 11) is 1.35. The van der Waals surface area contributed by atoms with E-state index >= 15 is 0 Å². The van der Waals surface area contributed by atoms with Crippen molar-refractivity contribution in [2.75, 3.05) is 7.11 Å². The summed E-state index contributed by atoms with van der Waals surface area (Å²) in [6.07, 6.45) is 3.28. The van der Waals surface area contributed by atoms with Crippen molar-refractivity contribution in [3.8, 4) is 0 Å². The number of nitrogens with one attached hydrogen (secondary N) is 1. The summed E-state index contributed by atoms with van der Waals surface area (Å²) >= 11 is 0. The maximum absolute atomic E-state index is 12.3. The quantitative estimate of drug-likeness (QED) is 0.832. The maximum Gasteiger partial charge on any atom is 0.337 e. The number of aromatic nitrogens is 2. The molecule has 0 saturated heterocycles. The van der Waals surface area contributed by atoms with Gasteiger partial charge in [-0.1, -0.05) is 25.5 Å². The SMILES string of the molecule is CCCCc1nc(C)c(Cc2cccc(C(=O)OC)c2)c(=O)[nH]1. The van der Waals surface area contributed by atoms with E-state index < -0.39 is 0 Å². The molecule has 0 unspecified atom stereocenters. The molecule has 1 N–H and O–H groups in total. The lowest BCUT2D eigenvalue weighted by atomic mass is 10.0. The largest absolute Gasteiger partial charge is 0.465 e. The normalized spacial score (nSPS) is 10.6. The molecule has 5 nitrogen and oxygen atoms in total. The van der Waals surface area contributed by atoms with Crippen LogP contribution in [0.15, 0.2) is 29.1 Å². The lowest BCUT2D eigenvalue weighted by Crippen LogP contribution is -2.19. The van der Waals surface area contributed by atoms with E-state index in [0.29, 0.717) is 17.5 Å². The van der Waals surface area contributed by atoms with Gasteiger partial charge in [0.05, 0.1) is 12.7 Å². The number of unbranched alkanes of at least 4 members (excludes halogenated alkanes) is 1. The van der Waals surface area contributed by atoms with Crippen molar-refractivity contribution in [3.63, 3.8) is 0 Å². The summed E-state index contributed by atoms with van der Waals surface area (Å²) in [6.45, 7) is 3.96. The molecule has 0 bridgehead atoms. The summed E-state index contributed by atoms with van der Waals surface area (Å²) in [5.41, 5.74) is 2.62. The van der Waals surface area contributed by atoms with Crippen LogP contribution in [-0.2, 0) is 17.6 Å². The lowest BCUT2D eigenvalue weighted by molar-refractivity contribution is 0.0600. The number of hydrogen-bond donors (Lipinski definition) is 1. The van der Waals surface area contributed by atoms with E-state index in [0.717, 1.165) is 36.3 Å². The van der Waals surface area contributed by atoms with Gasteiger partial charge in [-0.25, -0.2) is 9.78 Å². The predicted molar refractivity (Wildman–Crippen MR) is 88.8 cm³/mol. The Morgan fingerprint density at radius 1 is 1.35 bits per heavy atom. The molecular weight excluding hydrogens is 292 g/mol. The van der Waals surface area contributed by atoms with Crippen molar-refractivity contribution >= 4 is 5.97 Å². The first kappa shape index (κ1) is 16.9. The smallest absolute Gasteiger partial charge is 0.337 e. The molecule has 0 aliphatic rings. The Hall–Kier alpha value is -2.43. The molecule has 0 fully saturated rings. The topological polar surface area (TPSA) is 72.0 Å². The van der Waals surface area contributed by atoms with Gasteiger partial charge in [-0.15, -0.1) is 0 Å². The Morgan fingerprint density at radius 3 is 2.78 bits per heavy atom. The van der Waals surface area contributed by atoms with Crippen LogP contribution in [0, 0.1) is 6.92 Å². The third kappa shape index (κ3) is 4.28. The minimum Gasteiger partial charge on any atom is -0.465 e. The number of ether oxygens (including phenoxy) is 1. The van der Waals surface area contributed by atoms with Crippen molar-refractivity contribution in [2.24, 2.45) is 0 Å². The molecule has 0 aliphatic heterocycles. The molecule has 1 aromatic carbocycles. The third-order valence-electron chi connectivity index (χ3n) is 3.77. The van der Waals surface area contributed by atoms with Crippen molar-refractivity contribution in [2.45, 2.75) is 39.5 Å². The van der Waals surface area contributed by atoms with Gasteiger partial charge < -0.3 is 9.72 Å². The molecule has 0 radical (unpaired) electrons. The number of methoxy groups -OCH3 is 1. The summed E-state index contributed by atoms with van der Waals surface area (Å²) in [5, 5.41) is 0. The van der Waals surface area contributed by atoms with Gasteiger partial charge in [-0.05, 0) is 31.0 Å². The van der Waals surface area contributed by atoms with Gasteiger partial charge in [0.25, 0.3) is 5.56 Å². The highest BCUT2D eigenvalue weighted by Crippen LogP contribution is 2.12. The Bertz CT molecular complexity index is 750. The number of carbonyl (C=O) groups excluding carboxylic acids is 1. The zero-order valence-corrected chi connectivity index (χ0v) is 13.8. The molecule has 23 heavy (non-hydrogen) atoms. The van der Waals surface area contributed by atoms with Crippen molar-refractivity contribution < 1.29 is 9.53 Å². The van der Waals surface area contributed by atoms with Crippen molar-refractivity contribution in [1.82, 2.24) is 9.97 Å². The Labute approximate surface area is 135 Å². The fraction of sp³-hybridized carbons (Fsp3) is 0.389. The van der Waals surface area contributed by atoms with Crippen LogP contribution in [0.5, 0.6) is 0 Å². The van der Waals surface area contributed by atoms with Crippen molar-refractivity contribution in [1.29, 1.82) is 0 Å². The van der Waals surface area contributed by atoms with E-state index in [-0.39, 0.29) is 11.5 Å². The van der Waals surface area contributed by atoms with E-state index in [1.807, 2.05) is 13.0 Å². The summed E-state index contributed by atoms with van der Waals surface area (Å²) in [6, 6.07) is 7.11. The number of nitrogens with zero attached hydrogens (tertiary/aromatic N) is 1. The lowest BCUT2D eigenvalue weighted by Gasteiger charge is -2.08. The zero-order valence-electron chi connectivity index (χ0n) is 13.8. The van der Waals surface area contributed by atoms with Crippen LogP contribution in [0.25, 0.3) is 0 Å². The van der Waals surface area contributed by atoms with E-state index in [2.05, 4.69) is 16.9 Å². The standard InChI is InChI=1S/C18H22N2O3/c1-4-5-9-16-19-12(2)15(17(21)20-16)11-13-7-6-8-14(10-13)18(22)23-3/h6-8,10H,4-5,9,11H2,1-3H3,(H,19,20,21). The second-order valence-electron chi connectivity index (χ2n) is 5.55. The van der Waals surface area contributed by atoms with E-state index in [1.165, 1.54) is 7.11 Å². The monoisotopic (exact) mass is 314 g/mol. The van der Waals surface area contributed by atoms with E-state index in [9.17, 15) is 9.59 Å². The molecule has 122 valence electrons. The average Bonchev–Trinajstić information content (AvgIpc) is 2.55. The molecule has 0 spiro atoms. The zero-order chi connectivity index (χ0) is 16.8. The van der Waals surface area contributed by atoms with E-state index in [1.54, 1.807) is 18.2 Å². The minimum absolute atomic E-state index is 0.105. The van der Waals surface area contributed by atoms with Gasteiger partial charge in [0, 0.05) is 24.1 Å². The van der Waals surface area contributed by atoms with Crippen LogP contribution in [0.3, 0.4) is 0 Å². The van der Waals surface area contributed by atoms with Crippen LogP contribution in [-0.4, -0.2) is 23.0 Å². The average molecular weight is 314 g/mol. The molecule has 0 aliphatic carbocycles. The molecule has 2 rings (SSSR count). The minimum atomic E-state index is -0.384. The molecule has 0 amide bonds. The molecule has 5 heteroatoms. The van der Waals surface area contributed by atoms with Gasteiger partial charge in [0.2, 0.25) is 0 Å². The first-order valence-electron chi connectivity index (χ1n) is 7.81. The maximum atomic E-state index is 12.3. The highest BCUT2D eigenvalue weighted by atomic mass is 16.5. The third-order valence-corrected chi connectivity index (χ3v) is 3.77. The van der Waals surface area contributed by atoms with Gasteiger partial charge in [0.1, 0.15) is 5.82 Å². The van der Waals surface area contributed by atoms with Crippen LogP contribution in [0.2, 0.25) is 0 Å². The molecule has 1 aromatic heterocycles. The number of hydrogen-bond acceptors (Lipinski definition) is 4. The number of aromatic amines is 1. The number of H-pyrrole nitrogens is 1. The molecule has 1 heterocycles. The fourth-order valence-electron chi connectivity index (χ4n) is 2.47. The summed E-state index contributed by atoms with van der Waals surface area (Å²) in [5.74, 6) is 0.354. The predicted octanol–water partition coefficient (Wildman–Crippen LogP) is 2.80. The Kier molecular flexibility index (Phi) is 5.68. The summed E-state index contributed by atoms with van der Waals surface area (Å²) < 4.78 is 4.72. The van der Waals surface area contributed by atoms with Gasteiger partial charge in [0.15, 0.2) is 0 Å². The second-order valence-corrected chi connectivity index (χ2v) is 5.55. The number of esters is 1. The molecule has 0 atom stereocenters. The van der Waals surface area contributed by atoms with Crippen LogP contribution in [0.1, 0.15) is 52.8 Å². The molecular formula is C18H22N2O3. The van der Waals surface area contributed by atoms with E-state index in [4.69, 9.17) is 4.74 Å².